The predicted molar refractivity (Wildman–Crippen MR) is 78.1 cm³/mol. The second-order valence-corrected chi connectivity index (χ2v) is 4.36. The number of fused-ring (bicyclic) bond motifs is 1. The predicted octanol–water partition coefficient (Wildman–Crippen LogP) is 3.17. The van der Waals surface area contributed by atoms with E-state index >= 15 is 0 Å². The van der Waals surface area contributed by atoms with Gasteiger partial charge in [-0.1, -0.05) is 12.1 Å². The fraction of sp³-hybridized carbons (Fsp3) is 0.133. The van der Waals surface area contributed by atoms with Crippen LogP contribution >= 0.6 is 0 Å². The Morgan fingerprint density at radius 2 is 1.90 bits per heavy atom. The number of rotatable bonds is 3. The molecule has 0 radical (unpaired) electrons. The molecule has 5 heteroatoms. The van der Waals surface area contributed by atoms with E-state index in [1.165, 1.54) is 0 Å². The van der Waals surface area contributed by atoms with Crippen molar-refractivity contribution in [1.29, 1.82) is 0 Å². The van der Waals surface area contributed by atoms with E-state index in [1.807, 2.05) is 43.3 Å². The zero-order valence-electron chi connectivity index (χ0n) is 11.3. The maximum absolute atomic E-state index is 5.84. The van der Waals surface area contributed by atoms with Gasteiger partial charge in [0.15, 0.2) is 0 Å². The van der Waals surface area contributed by atoms with Crippen molar-refractivity contribution in [3.8, 4) is 11.6 Å². The molecular formula is C15H14N4O. The van der Waals surface area contributed by atoms with Crippen LogP contribution in [0, 0.1) is 6.92 Å². The minimum absolute atomic E-state index is 0.519. The van der Waals surface area contributed by atoms with Crippen LogP contribution in [0.3, 0.4) is 0 Å². The molecule has 0 spiro atoms. The van der Waals surface area contributed by atoms with Gasteiger partial charge in [-0.05, 0) is 31.2 Å². The zero-order chi connectivity index (χ0) is 13.9. The average molecular weight is 266 g/mol. The van der Waals surface area contributed by atoms with Gasteiger partial charge in [0.25, 0.3) is 0 Å². The van der Waals surface area contributed by atoms with Gasteiger partial charge in [0.05, 0.1) is 17.1 Å². The molecule has 5 nitrogen and oxygen atoms in total. The highest BCUT2D eigenvalue weighted by atomic mass is 16.5. The highest BCUT2D eigenvalue weighted by molar-refractivity contribution is 5.84. The Bertz CT molecular complexity index is 740. The van der Waals surface area contributed by atoms with Crippen LogP contribution < -0.4 is 10.1 Å². The number of nitrogens with zero attached hydrogens (tertiary/aromatic N) is 3. The Morgan fingerprint density at radius 3 is 2.65 bits per heavy atom. The second kappa shape index (κ2) is 5.13. The van der Waals surface area contributed by atoms with Crippen LogP contribution in [0.25, 0.3) is 10.9 Å². The first-order chi connectivity index (χ1) is 9.76. The minimum atomic E-state index is 0.519. The summed E-state index contributed by atoms with van der Waals surface area (Å²) in [7, 11) is 1.78. The summed E-state index contributed by atoms with van der Waals surface area (Å²) < 4.78 is 5.84. The van der Waals surface area contributed by atoms with E-state index in [2.05, 4.69) is 20.3 Å². The lowest BCUT2D eigenvalue weighted by Gasteiger charge is -2.09. The Labute approximate surface area is 116 Å². The molecule has 1 N–H and O–H groups in total. The number of anilines is 1. The smallest absolute Gasteiger partial charge is 0.232 e. The number of benzene rings is 1. The largest absolute Gasteiger partial charge is 0.437 e. The van der Waals surface area contributed by atoms with Gasteiger partial charge in [0, 0.05) is 12.7 Å². The van der Waals surface area contributed by atoms with Crippen LogP contribution in [0.1, 0.15) is 5.69 Å². The molecule has 100 valence electrons. The van der Waals surface area contributed by atoms with E-state index in [1.54, 1.807) is 13.2 Å². The monoisotopic (exact) mass is 266 g/mol. The van der Waals surface area contributed by atoms with E-state index in [4.69, 9.17) is 4.74 Å². The number of nitrogens with one attached hydrogen (secondary N) is 1. The highest BCUT2D eigenvalue weighted by Gasteiger charge is 2.09. The summed E-state index contributed by atoms with van der Waals surface area (Å²) in [5.41, 5.74) is 1.78. The Balaban J connectivity index is 2.07. The maximum Gasteiger partial charge on any atom is 0.232 e. The van der Waals surface area contributed by atoms with E-state index in [0.717, 1.165) is 16.6 Å². The summed E-state index contributed by atoms with van der Waals surface area (Å²) in [5, 5.41) is 3.80. The number of ether oxygens (including phenoxy) is 1. The molecule has 0 fully saturated rings. The van der Waals surface area contributed by atoms with E-state index in [9.17, 15) is 0 Å². The lowest BCUT2D eigenvalue weighted by atomic mass is 10.2. The molecule has 20 heavy (non-hydrogen) atoms. The summed E-state index contributed by atoms with van der Waals surface area (Å²) in [5.74, 6) is 1.70. The molecule has 2 heterocycles. The van der Waals surface area contributed by atoms with Crippen molar-refractivity contribution < 1.29 is 4.74 Å². The quantitative estimate of drug-likeness (QED) is 0.789. The average Bonchev–Trinajstić information content (AvgIpc) is 2.49. The number of aromatic nitrogens is 3. The van der Waals surface area contributed by atoms with Crippen LogP contribution in [0.4, 0.5) is 5.95 Å². The van der Waals surface area contributed by atoms with Crippen molar-refractivity contribution in [2.45, 2.75) is 6.92 Å². The summed E-state index contributed by atoms with van der Waals surface area (Å²) in [6.45, 7) is 1.93. The van der Waals surface area contributed by atoms with E-state index in [-0.39, 0.29) is 0 Å². The lowest BCUT2D eigenvalue weighted by Crippen LogP contribution is -1.99. The molecule has 0 amide bonds. The van der Waals surface area contributed by atoms with Gasteiger partial charge in [-0.2, -0.15) is 4.98 Å². The topological polar surface area (TPSA) is 59.9 Å². The third-order valence-electron chi connectivity index (χ3n) is 2.89. The van der Waals surface area contributed by atoms with Gasteiger partial charge in [-0.3, -0.25) is 4.98 Å². The first-order valence-electron chi connectivity index (χ1n) is 6.31. The Kier molecular flexibility index (Phi) is 3.16. The fourth-order valence-electron chi connectivity index (χ4n) is 1.86. The van der Waals surface area contributed by atoms with Gasteiger partial charge < -0.3 is 10.1 Å². The molecule has 0 aliphatic rings. The molecule has 3 aromatic rings. The summed E-state index contributed by atoms with van der Waals surface area (Å²) in [4.78, 5) is 13.0. The van der Waals surface area contributed by atoms with Crippen LogP contribution in [0.5, 0.6) is 11.6 Å². The standard InChI is InChI=1S/C15H14N4O/c1-10-7-8-11(9-17-10)20-14-12-5-3-4-6-13(12)18-15(16-2)19-14/h3-9H,1-2H3,(H,16,18,19). The number of hydrogen-bond donors (Lipinski definition) is 1. The van der Waals surface area contributed by atoms with Crippen molar-refractivity contribution in [2.75, 3.05) is 12.4 Å². The highest BCUT2D eigenvalue weighted by Crippen LogP contribution is 2.27. The SMILES string of the molecule is CNc1nc(Oc2ccc(C)nc2)c2ccccc2n1. The number of pyridine rings is 1. The summed E-state index contributed by atoms with van der Waals surface area (Å²) >= 11 is 0. The van der Waals surface area contributed by atoms with Gasteiger partial charge in [-0.15, -0.1) is 0 Å². The van der Waals surface area contributed by atoms with Gasteiger partial charge in [-0.25, -0.2) is 4.98 Å². The fourth-order valence-corrected chi connectivity index (χ4v) is 1.86. The molecule has 0 unspecified atom stereocenters. The lowest BCUT2D eigenvalue weighted by molar-refractivity contribution is 0.466. The van der Waals surface area contributed by atoms with Gasteiger partial charge in [0.2, 0.25) is 11.8 Å². The second-order valence-electron chi connectivity index (χ2n) is 4.36. The van der Waals surface area contributed by atoms with Crippen LogP contribution in [-0.2, 0) is 0 Å². The normalized spacial score (nSPS) is 10.5. The van der Waals surface area contributed by atoms with Gasteiger partial charge in [0.1, 0.15) is 5.75 Å². The molecule has 3 rings (SSSR count). The molecule has 0 saturated heterocycles. The molecule has 1 aromatic carbocycles. The van der Waals surface area contributed by atoms with Crippen molar-refractivity contribution in [3.05, 3.63) is 48.3 Å². The minimum Gasteiger partial charge on any atom is -0.437 e. The van der Waals surface area contributed by atoms with E-state index in [0.29, 0.717) is 17.6 Å². The zero-order valence-corrected chi connectivity index (χ0v) is 11.3. The van der Waals surface area contributed by atoms with Crippen LogP contribution in [0.15, 0.2) is 42.6 Å². The summed E-state index contributed by atoms with van der Waals surface area (Å²) in [6.07, 6.45) is 1.69. The first kappa shape index (κ1) is 12.3. The molecule has 0 aliphatic carbocycles. The molecule has 0 atom stereocenters. The van der Waals surface area contributed by atoms with Crippen molar-refractivity contribution in [2.24, 2.45) is 0 Å². The molecular weight excluding hydrogens is 252 g/mol. The van der Waals surface area contributed by atoms with Crippen LogP contribution in [-0.4, -0.2) is 22.0 Å². The summed E-state index contributed by atoms with van der Waals surface area (Å²) in [6, 6.07) is 11.5. The van der Waals surface area contributed by atoms with Gasteiger partial charge >= 0.3 is 0 Å². The third kappa shape index (κ3) is 2.38. The number of para-hydroxylation sites is 1. The van der Waals surface area contributed by atoms with Crippen LogP contribution in [0.2, 0.25) is 0 Å². The van der Waals surface area contributed by atoms with E-state index < -0.39 is 0 Å². The Morgan fingerprint density at radius 1 is 1.05 bits per heavy atom. The van der Waals surface area contributed by atoms with Crippen molar-refractivity contribution in [3.63, 3.8) is 0 Å². The molecule has 2 aromatic heterocycles. The number of hydrogen-bond acceptors (Lipinski definition) is 5. The van der Waals surface area contributed by atoms with Crippen molar-refractivity contribution in [1.82, 2.24) is 15.0 Å². The molecule has 0 bridgehead atoms. The van der Waals surface area contributed by atoms with Crippen molar-refractivity contribution >= 4 is 16.9 Å². The maximum atomic E-state index is 5.84. The first-order valence-corrected chi connectivity index (χ1v) is 6.31. The Hall–Kier alpha value is -2.69. The number of aryl methyl sites for hydroxylation is 1. The molecule has 0 aliphatic heterocycles. The molecule has 0 saturated carbocycles. The third-order valence-corrected chi connectivity index (χ3v) is 2.89.